The maximum Gasteiger partial charge on any atom is 0.335 e. The minimum atomic E-state index is -1.06. The number of carbonyl (C=O) groups excluding carboxylic acids is 1. The number of allylic oxidation sites excluding steroid dienone is 1. The Labute approximate surface area is 125 Å². The molecule has 0 aliphatic heterocycles. The van der Waals surface area contributed by atoms with Crippen molar-refractivity contribution in [3.05, 3.63) is 70.8 Å². The molecule has 0 amide bonds. The van der Waals surface area contributed by atoms with E-state index in [2.05, 4.69) is 4.99 Å². The van der Waals surface area contributed by atoms with Crippen molar-refractivity contribution < 1.29 is 19.8 Å². The van der Waals surface area contributed by atoms with Gasteiger partial charge in [-0.15, -0.1) is 0 Å². The molecule has 1 aliphatic carbocycles. The SMILES string of the molecule is O=C(O)c1cccc(N=CC2=C([O-])c3ccccc3C2=O)c1. The number of nitrogens with zero attached hydrogens (tertiary/aromatic N) is 1. The van der Waals surface area contributed by atoms with Crippen LogP contribution in [0.1, 0.15) is 26.3 Å². The fourth-order valence-electron chi connectivity index (χ4n) is 2.25. The van der Waals surface area contributed by atoms with Crippen molar-refractivity contribution in [2.24, 2.45) is 4.99 Å². The molecule has 3 rings (SSSR count). The predicted octanol–water partition coefficient (Wildman–Crippen LogP) is 2.05. The molecule has 1 aliphatic rings. The monoisotopic (exact) mass is 292 g/mol. The smallest absolute Gasteiger partial charge is 0.335 e. The third-order valence-corrected chi connectivity index (χ3v) is 3.34. The molecule has 0 saturated carbocycles. The van der Waals surface area contributed by atoms with Crippen molar-refractivity contribution >= 4 is 29.4 Å². The van der Waals surface area contributed by atoms with Crippen molar-refractivity contribution in [1.82, 2.24) is 0 Å². The Hall–Kier alpha value is -3.21. The lowest BCUT2D eigenvalue weighted by Gasteiger charge is -2.08. The van der Waals surface area contributed by atoms with Gasteiger partial charge in [-0.25, -0.2) is 4.79 Å². The highest BCUT2D eigenvalue weighted by Crippen LogP contribution is 2.28. The Kier molecular flexibility index (Phi) is 3.31. The Morgan fingerprint density at radius 3 is 2.50 bits per heavy atom. The first-order chi connectivity index (χ1) is 10.6. The van der Waals surface area contributed by atoms with Gasteiger partial charge in [-0.2, -0.15) is 0 Å². The van der Waals surface area contributed by atoms with Crippen molar-refractivity contribution in [3.8, 4) is 0 Å². The normalized spacial score (nSPS) is 13.7. The standard InChI is InChI=1S/C17H11NO4/c19-15-12-6-1-2-7-13(12)16(20)14(15)9-18-11-5-3-4-10(8-11)17(21)22/h1-9,19H,(H,21,22)/p-1. The van der Waals surface area contributed by atoms with Gasteiger partial charge in [0.25, 0.3) is 0 Å². The van der Waals surface area contributed by atoms with E-state index in [9.17, 15) is 14.7 Å². The van der Waals surface area contributed by atoms with E-state index in [1.165, 1.54) is 18.3 Å². The number of ketones is 1. The molecular weight excluding hydrogens is 282 g/mol. The summed E-state index contributed by atoms with van der Waals surface area (Å²) >= 11 is 0. The van der Waals surface area contributed by atoms with Crippen LogP contribution in [-0.2, 0) is 0 Å². The summed E-state index contributed by atoms with van der Waals surface area (Å²) in [7, 11) is 0. The molecule has 1 N–H and O–H groups in total. The largest absolute Gasteiger partial charge is 0.872 e. The molecule has 0 heterocycles. The van der Waals surface area contributed by atoms with E-state index < -0.39 is 5.97 Å². The molecule has 108 valence electrons. The molecule has 0 spiro atoms. The molecule has 22 heavy (non-hydrogen) atoms. The summed E-state index contributed by atoms with van der Waals surface area (Å²) in [5, 5.41) is 21.1. The lowest BCUT2D eigenvalue weighted by atomic mass is 10.1. The molecule has 2 aromatic rings. The quantitative estimate of drug-likeness (QED) is 0.877. The fourth-order valence-corrected chi connectivity index (χ4v) is 2.25. The number of Topliss-reactive ketones (excluding diaryl/α,β-unsaturated/α-hetero) is 1. The number of aromatic carboxylic acids is 1. The zero-order chi connectivity index (χ0) is 15.7. The van der Waals surface area contributed by atoms with E-state index in [1.807, 2.05) is 0 Å². The maximum absolute atomic E-state index is 12.2. The fraction of sp³-hybridized carbons (Fsp3) is 0. The number of carboxylic acid groups (broad SMARTS) is 1. The van der Waals surface area contributed by atoms with Crippen molar-refractivity contribution in [2.45, 2.75) is 0 Å². The number of carboxylic acids is 1. The maximum atomic E-state index is 12.2. The van der Waals surface area contributed by atoms with E-state index in [0.717, 1.165) is 0 Å². The molecule has 0 unspecified atom stereocenters. The number of aliphatic imine (C=N–C) groups is 1. The summed E-state index contributed by atoms with van der Waals surface area (Å²) in [5.74, 6) is -1.79. The summed E-state index contributed by atoms with van der Waals surface area (Å²) in [4.78, 5) is 27.1. The number of fused-ring (bicyclic) bond motifs is 1. The van der Waals surface area contributed by atoms with Gasteiger partial charge in [0, 0.05) is 17.4 Å². The molecule has 5 heteroatoms. The lowest BCUT2D eigenvalue weighted by Crippen LogP contribution is -2.05. The van der Waals surface area contributed by atoms with Crippen LogP contribution in [0.3, 0.4) is 0 Å². The van der Waals surface area contributed by atoms with Crippen molar-refractivity contribution in [2.75, 3.05) is 0 Å². The molecule has 0 atom stereocenters. The highest BCUT2D eigenvalue weighted by atomic mass is 16.4. The Morgan fingerprint density at radius 1 is 1.09 bits per heavy atom. The first-order valence-corrected chi connectivity index (χ1v) is 6.51. The van der Waals surface area contributed by atoms with Gasteiger partial charge in [-0.05, 0) is 23.8 Å². The molecule has 0 aromatic heterocycles. The Balaban J connectivity index is 1.94. The van der Waals surface area contributed by atoms with Gasteiger partial charge in [0.15, 0.2) is 5.78 Å². The third kappa shape index (κ3) is 2.29. The molecule has 2 aromatic carbocycles. The molecule has 0 bridgehead atoms. The van der Waals surface area contributed by atoms with Gasteiger partial charge < -0.3 is 10.2 Å². The molecular formula is C17H10NO4-. The first-order valence-electron chi connectivity index (χ1n) is 6.51. The zero-order valence-corrected chi connectivity index (χ0v) is 11.3. The topological polar surface area (TPSA) is 89.8 Å². The van der Waals surface area contributed by atoms with Gasteiger partial charge in [0.2, 0.25) is 0 Å². The van der Waals surface area contributed by atoms with Crippen LogP contribution in [0.4, 0.5) is 5.69 Å². The minimum absolute atomic E-state index is 0.0121. The van der Waals surface area contributed by atoms with Crippen LogP contribution in [0.5, 0.6) is 0 Å². The number of benzene rings is 2. The third-order valence-electron chi connectivity index (χ3n) is 3.34. The van der Waals surface area contributed by atoms with Gasteiger partial charge >= 0.3 is 5.97 Å². The summed E-state index contributed by atoms with van der Waals surface area (Å²) in [6.07, 6.45) is 1.20. The minimum Gasteiger partial charge on any atom is -0.872 e. The van der Waals surface area contributed by atoms with E-state index in [0.29, 0.717) is 16.8 Å². The van der Waals surface area contributed by atoms with Gasteiger partial charge in [-0.3, -0.25) is 9.79 Å². The van der Waals surface area contributed by atoms with Crippen LogP contribution in [0, 0.1) is 0 Å². The number of hydrogen-bond acceptors (Lipinski definition) is 4. The lowest BCUT2D eigenvalue weighted by molar-refractivity contribution is -0.243. The number of carbonyl (C=O) groups is 2. The number of hydrogen-bond donors (Lipinski definition) is 1. The van der Waals surface area contributed by atoms with Crippen LogP contribution in [-0.4, -0.2) is 23.1 Å². The average Bonchev–Trinajstić information content (AvgIpc) is 2.78. The van der Waals surface area contributed by atoms with Crippen LogP contribution in [0.2, 0.25) is 0 Å². The zero-order valence-electron chi connectivity index (χ0n) is 11.3. The van der Waals surface area contributed by atoms with Gasteiger partial charge in [0.05, 0.1) is 11.3 Å². The second-order valence-corrected chi connectivity index (χ2v) is 4.73. The molecule has 0 saturated heterocycles. The Morgan fingerprint density at radius 2 is 1.82 bits per heavy atom. The van der Waals surface area contributed by atoms with Crippen molar-refractivity contribution in [3.63, 3.8) is 0 Å². The van der Waals surface area contributed by atoms with Crippen molar-refractivity contribution in [1.29, 1.82) is 0 Å². The van der Waals surface area contributed by atoms with Crippen LogP contribution in [0.25, 0.3) is 5.76 Å². The van der Waals surface area contributed by atoms with Gasteiger partial charge in [-0.1, -0.05) is 36.1 Å². The second-order valence-electron chi connectivity index (χ2n) is 4.73. The summed E-state index contributed by atoms with van der Waals surface area (Å²) in [5.41, 5.74) is 1.18. The second kappa shape index (κ2) is 5.29. The van der Waals surface area contributed by atoms with E-state index >= 15 is 0 Å². The first kappa shape index (κ1) is 13.8. The summed E-state index contributed by atoms with van der Waals surface area (Å²) in [6.45, 7) is 0. The molecule has 0 fully saturated rings. The van der Waals surface area contributed by atoms with Crippen LogP contribution >= 0.6 is 0 Å². The average molecular weight is 292 g/mol. The summed E-state index contributed by atoms with van der Waals surface area (Å²) in [6, 6.07) is 12.5. The predicted molar refractivity (Wildman–Crippen MR) is 79.2 cm³/mol. The van der Waals surface area contributed by atoms with Gasteiger partial charge in [0.1, 0.15) is 0 Å². The molecule has 0 radical (unpaired) electrons. The highest BCUT2D eigenvalue weighted by Gasteiger charge is 2.22. The van der Waals surface area contributed by atoms with E-state index in [1.54, 1.807) is 36.4 Å². The number of rotatable bonds is 3. The molecule has 5 nitrogen and oxygen atoms in total. The van der Waals surface area contributed by atoms with Crippen LogP contribution < -0.4 is 5.11 Å². The summed E-state index contributed by atoms with van der Waals surface area (Å²) < 4.78 is 0. The van der Waals surface area contributed by atoms with E-state index in [-0.39, 0.29) is 22.7 Å². The highest BCUT2D eigenvalue weighted by molar-refractivity contribution is 6.30. The Bertz CT molecular complexity index is 849. The van der Waals surface area contributed by atoms with Crippen LogP contribution in [0.15, 0.2) is 59.1 Å². The van der Waals surface area contributed by atoms with E-state index in [4.69, 9.17) is 5.11 Å².